The number of hydrogen-bond donors (Lipinski definition) is 1. The maximum atomic E-state index is 9.80. The average molecular weight is 210 g/mol. The number of aliphatic hydroxyl groups excluding tert-OH is 1. The van der Waals surface area contributed by atoms with Crippen LogP contribution in [0.1, 0.15) is 35.9 Å². The lowest BCUT2D eigenvalue weighted by Crippen LogP contribution is -2.10. The molecule has 1 nitrogen and oxygen atoms in total. The Bertz CT molecular complexity index is 288. The molecule has 14 heavy (non-hydrogen) atoms. The molecule has 0 aromatic carbocycles. The molecule has 0 radical (unpaired) electrons. The van der Waals surface area contributed by atoms with Gasteiger partial charge in [-0.3, -0.25) is 0 Å². The first-order valence-electron chi connectivity index (χ1n) is 5.53. The maximum Gasteiger partial charge on any atom is 0.0591 e. The molecule has 1 aromatic rings. The first-order chi connectivity index (χ1) is 6.78. The molecule has 0 aliphatic heterocycles. The van der Waals surface area contributed by atoms with E-state index in [9.17, 15) is 5.11 Å². The highest BCUT2D eigenvalue weighted by molar-refractivity contribution is 7.11. The van der Waals surface area contributed by atoms with Crippen molar-refractivity contribution in [3.8, 4) is 0 Å². The summed E-state index contributed by atoms with van der Waals surface area (Å²) >= 11 is 1.85. The molecule has 1 atom stereocenters. The number of aliphatic hydroxyl groups is 1. The van der Waals surface area contributed by atoms with Crippen LogP contribution in [0.15, 0.2) is 12.1 Å². The molecule has 0 saturated heterocycles. The van der Waals surface area contributed by atoms with Crippen LogP contribution < -0.4 is 0 Å². The van der Waals surface area contributed by atoms with Crippen LogP contribution in [0.2, 0.25) is 0 Å². The Hall–Kier alpha value is -0.340. The van der Waals surface area contributed by atoms with E-state index < -0.39 is 0 Å². The maximum absolute atomic E-state index is 9.80. The lowest BCUT2D eigenvalue weighted by Gasteiger charge is -2.07. The third-order valence-electron chi connectivity index (χ3n) is 2.80. The fraction of sp³-hybridized carbons (Fsp3) is 0.667. The van der Waals surface area contributed by atoms with Gasteiger partial charge in [0.25, 0.3) is 0 Å². The molecule has 0 bridgehead atoms. The van der Waals surface area contributed by atoms with E-state index >= 15 is 0 Å². The standard InChI is InChI=1S/C12H18OS/c1-2-11-5-6-12(14-11)8-10(13)7-9-3-4-9/h5-6,9-10,13H,2-4,7-8H2,1H3. The van der Waals surface area contributed by atoms with Crippen LogP contribution in [-0.4, -0.2) is 11.2 Å². The molecule has 1 fully saturated rings. The van der Waals surface area contributed by atoms with Gasteiger partial charge in [-0.05, 0) is 30.9 Å². The predicted molar refractivity (Wildman–Crippen MR) is 60.7 cm³/mol. The van der Waals surface area contributed by atoms with Crippen molar-refractivity contribution in [2.45, 2.75) is 45.1 Å². The van der Waals surface area contributed by atoms with E-state index in [1.807, 2.05) is 11.3 Å². The van der Waals surface area contributed by atoms with Crippen molar-refractivity contribution in [1.82, 2.24) is 0 Å². The minimum absolute atomic E-state index is 0.106. The van der Waals surface area contributed by atoms with E-state index in [-0.39, 0.29) is 6.10 Å². The van der Waals surface area contributed by atoms with Crippen molar-refractivity contribution >= 4 is 11.3 Å². The van der Waals surface area contributed by atoms with Gasteiger partial charge in [0.1, 0.15) is 0 Å². The Morgan fingerprint density at radius 1 is 1.43 bits per heavy atom. The van der Waals surface area contributed by atoms with Crippen LogP contribution in [0.4, 0.5) is 0 Å². The van der Waals surface area contributed by atoms with Gasteiger partial charge in [0, 0.05) is 16.2 Å². The first kappa shape index (κ1) is 10.2. The largest absolute Gasteiger partial charge is 0.393 e. The van der Waals surface area contributed by atoms with E-state index in [2.05, 4.69) is 19.1 Å². The SMILES string of the molecule is CCc1ccc(CC(O)CC2CC2)s1. The Balaban J connectivity index is 1.82. The highest BCUT2D eigenvalue weighted by Gasteiger charge is 2.24. The monoisotopic (exact) mass is 210 g/mol. The average Bonchev–Trinajstić information content (AvgIpc) is 2.83. The third kappa shape index (κ3) is 2.82. The topological polar surface area (TPSA) is 20.2 Å². The molecule has 0 amide bonds. The molecule has 1 saturated carbocycles. The molecule has 1 aliphatic rings. The molecule has 0 spiro atoms. The molecule has 78 valence electrons. The number of rotatable bonds is 5. The summed E-state index contributed by atoms with van der Waals surface area (Å²) in [6, 6.07) is 4.35. The van der Waals surface area contributed by atoms with Crippen molar-refractivity contribution in [2.24, 2.45) is 5.92 Å². The molecule has 1 N–H and O–H groups in total. The van der Waals surface area contributed by atoms with Crippen LogP contribution in [0, 0.1) is 5.92 Å². The van der Waals surface area contributed by atoms with Crippen LogP contribution in [0.5, 0.6) is 0 Å². The first-order valence-corrected chi connectivity index (χ1v) is 6.35. The van der Waals surface area contributed by atoms with Crippen molar-refractivity contribution in [2.75, 3.05) is 0 Å². The lowest BCUT2D eigenvalue weighted by molar-refractivity contribution is 0.159. The number of hydrogen-bond acceptors (Lipinski definition) is 2. The second kappa shape index (κ2) is 4.45. The Morgan fingerprint density at radius 3 is 2.71 bits per heavy atom. The van der Waals surface area contributed by atoms with Gasteiger partial charge in [-0.1, -0.05) is 19.8 Å². The Kier molecular flexibility index (Phi) is 3.24. The normalized spacial score (nSPS) is 18.4. The summed E-state index contributed by atoms with van der Waals surface area (Å²) in [4.78, 5) is 2.77. The van der Waals surface area contributed by atoms with E-state index in [0.717, 1.165) is 25.2 Å². The Morgan fingerprint density at radius 2 is 2.14 bits per heavy atom. The minimum Gasteiger partial charge on any atom is -0.393 e. The van der Waals surface area contributed by atoms with Crippen LogP contribution >= 0.6 is 11.3 Å². The van der Waals surface area contributed by atoms with Gasteiger partial charge in [0.15, 0.2) is 0 Å². The quantitative estimate of drug-likeness (QED) is 0.792. The van der Waals surface area contributed by atoms with Gasteiger partial charge in [-0.2, -0.15) is 0 Å². The number of thiophene rings is 1. The molecular formula is C12H18OS. The van der Waals surface area contributed by atoms with E-state index in [1.165, 1.54) is 22.6 Å². The molecular weight excluding hydrogens is 192 g/mol. The number of aryl methyl sites for hydroxylation is 1. The summed E-state index contributed by atoms with van der Waals surface area (Å²) in [5, 5.41) is 9.80. The molecule has 1 aromatic heterocycles. The highest BCUT2D eigenvalue weighted by Crippen LogP contribution is 2.34. The molecule has 1 heterocycles. The van der Waals surface area contributed by atoms with Crippen molar-refractivity contribution < 1.29 is 5.11 Å². The van der Waals surface area contributed by atoms with Gasteiger partial charge in [-0.25, -0.2) is 0 Å². The fourth-order valence-corrected chi connectivity index (χ4v) is 2.80. The molecule has 1 aliphatic carbocycles. The lowest BCUT2D eigenvalue weighted by atomic mass is 10.1. The summed E-state index contributed by atoms with van der Waals surface area (Å²) in [6.07, 6.45) is 5.55. The summed E-state index contributed by atoms with van der Waals surface area (Å²) in [5.41, 5.74) is 0. The zero-order valence-corrected chi connectivity index (χ0v) is 9.52. The van der Waals surface area contributed by atoms with E-state index in [0.29, 0.717) is 0 Å². The molecule has 1 unspecified atom stereocenters. The third-order valence-corrected chi connectivity index (χ3v) is 4.06. The van der Waals surface area contributed by atoms with Crippen molar-refractivity contribution in [1.29, 1.82) is 0 Å². The second-order valence-electron chi connectivity index (χ2n) is 4.26. The zero-order chi connectivity index (χ0) is 9.97. The summed E-state index contributed by atoms with van der Waals surface area (Å²) in [6.45, 7) is 2.18. The smallest absolute Gasteiger partial charge is 0.0591 e. The van der Waals surface area contributed by atoms with Crippen molar-refractivity contribution in [3.05, 3.63) is 21.9 Å². The van der Waals surface area contributed by atoms with Crippen molar-refractivity contribution in [3.63, 3.8) is 0 Å². The van der Waals surface area contributed by atoms with Crippen LogP contribution in [0.3, 0.4) is 0 Å². The predicted octanol–water partition coefficient (Wildman–Crippen LogP) is 3.01. The van der Waals surface area contributed by atoms with Crippen LogP contribution in [0.25, 0.3) is 0 Å². The fourth-order valence-electron chi connectivity index (χ4n) is 1.78. The second-order valence-corrected chi connectivity index (χ2v) is 5.51. The summed E-state index contributed by atoms with van der Waals surface area (Å²) in [5.74, 6) is 0.829. The van der Waals surface area contributed by atoms with Gasteiger partial charge < -0.3 is 5.11 Å². The highest BCUT2D eigenvalue weighted by atomic mass is 32.1. The van der Waals surface area contributed by atoms with Crippen LogP contribution in [-0.2, 0) is 12.8 Å². The molecule has 2 heteroatoms. The van der Waals surface area contributed by atoms with Gasteiger partial charge in [-0.15, -0.1) is 11.3 Å². The Labute approximate surface area is 89.8 Å². The van der Waals surface area contributed by atoms with Gasteiger partial charge >= 0.3 is 0 Å². The van der Waals surface area contributed by atoms with E-state index in [1.54, 1.807) is 0 Å². The minimum atomic E-state index is -0.106. The summed E-state index contributed by atoms with van der Waals surface area (Å²) in [7, 11) is 0. The summed E-state index contributed by atoms with van der Waals surface area (Å²) < 4.78 is 0. The zero-order valence-electron chi connectivity index (χ0n) is 8.70. The van der Waals surface area contributed by atoms with E-state index in [4.69, 9.17) is 0 Å². The van der Waals surface area contributed by atoms with Gasteiger partial charge in [0.2, 0.25) is 0 Å². The van der Waals surface area contributed by atoms with Gasteiger partial charge in [0.05, 0.1) is 6.10 Å². The molecule has 2 rings (SSSR count).